The van der Waals surface area contributed by atoms with Gasteiger partial charge in [-0.25, -0.2) is 5.84 Å². The lowest BCUT2D eigenvalue weighted by Crippen LogP contribution is -2.40. The van der Waals surface area contributed by atoms with E-state index in [1.165, 1.54) is 25.0 Å². The Balaban J connectivity index is 2.12. The van der Waals surface area contributed by atoms with Crippen molar-refractivity contribution in [2.24, 2.45) is 11.3 Å². The predicted molar refractivity (Wildman–Crippen MR) is 63.0 cm³/mol. The lowest BCUT2D eigenvalue weighted by atomic mass is 9.96. The van der Waals surface area contributed by atoms with Gasteiger partial charge in [0.05, 0.1) is 12.1 Å². The van der Waals surface area contributed by atoms with Gasteiger partial charge in [0.2, 0.25) is 0 Å². The molecule has 1 aliphatic carbocycles. The smallest absolute Gasteiger partial charge is 0.0521 e. The van der Waals surface area contributed by atoms with E-state index in [2.05, 4.69) is 32.2 Å². The van der Waals surface area contributed by atoms with E-state index >= 15 is 0 Å². The first-order valence-corrected chi connectivity index (χ1v) is 6.06. The lowest BCUT2D eigenvalue weighted by Gasteiger charge is -2.27. The fourth-order valence-corrected chi connectivity index (χ4v) is 2.75. The number of likely N-dealkylation sites (N-methyl/N-ethyl adjacent to an activating group) is 1. The third kappa shape index (κ3) is 1.79. The molecule has 15 heavy (non-hydrogen) atoms. The van der Waals surface area contributed by atoms with Crippen LogP contribution in [-0.2, 0) is 0 Å². The lowest BCUT2D eigenvalue weighted by molar-refractivity contribution is 0.216. The summed E-state index contributed by atoms with van der Waals surface area (Å²) < 4.78 is 0. The molecule has 0 spiro atoms. The van der Waals surface area contributed by atoms with Crippen LogP contribution in [0.15, 0.2) is 11.8 Å². The molecule has 0 amide bonds. The van der Waals surface area contributed by atoms with Gasteiger partial charge in [0.15, 0.2) is 0 Å². The van der Waals surface area contributed by atoms with Crippen LogP contribution in [0.25, 0.3) is 0 Å². The van der Waals surface area contributed by atoms with Crippen LogP contribution in [0.1, 0.15) is 40.0 Å². The third-order valence-corrected chi connectivity index (χ3v) is 4.04. The van der Waals surface area contributed by atoms with Gasteiger partial charge in [-0.05, 0) is 38.1 Å². The van der Waals surface area contributed by atoms with Crippen LogP contribution in [0.4, 0.5) is 0 Å². The Labute approximate surface area is 92.7 Å². The molecule has 0 aromatic heterocycles. The van der Waals surface area contributed by atoms with Crippen molar-refractivity contribution in [3.05, 3.63) is 11.8 Å². The molecule has 0 aromatic carbocycles. The fraction of sp³-hybridized carbons (Fsp3) is 0.833. The van der Waals surface area contributed by atoms with E-state index in [9.17, 15) is 0 Å². The highest BCUT2D eigenvalue weighted by molar-refractivity contribution is 5.20. The summed E-state index contributed by atoms with van der Waals surface area (Å²) in [6.07, 6.45) is 5.99. The van der Waals surface area contributed by atoms with Gasteiger partial charge in [-0.3, -0.25) is 0 Å². The highest BCUT2D eigenvalue weighted by Crippen LogP contribution is 2.53. The maximum Gasteiger partial charge on any atom is 0.0521 e. The molecule has 3 heteroatoms. The molecule has 1 saturated carbocycles. The summed E-state index contributed by atoms with van der Waals surface area (Å²) in [4.78, 5) is 0. The molecule has 2 rings (SSSR count). The summed E-state index contributed by atoms with van der Waals surface area (Å²) in [5.74, 6) is 6.21. The molecule has 0 bridgehead atoms. The Kier molecular flexibility index (Phi) is 2.77. The molecular formula is C12H23N3. The highest BCUT2D eigenvalue weighted by atomic mass is 15.5. The normalized spacial score (nSPS) is 36.3. The Hall–Kier alpha value is -0.540. The minimum absolute atomic E-state index is 0.465. The number of hydrogen-bond donors (Lipinski definition) is 2. The van der Waals surface area contributed by atoms with Gasteiger partial charge in [0, 0.05) is 5.70 Å². The molecule has 1 heterocycles. The van der Waals surface area contributed by atoms with E-state index < -0.39 is 0 Å². The predicted octanol–water partition coefficient (Wildman–Crippen LogP) is 1.62. The second kappa shape index (κ2) is 3.80. The van der Waals surface area contributed by atoms with E-state index in [0.29, 0.717) is 17.5 Å². The second-order valence-electron chi connectivity index (χ2n) is 5.14. The van der Waals surface area contributed by atoms with Crippen molar-refractivity contribution < 1.29 is 0 Å². The third-order valence-electron chi connectivity index (χ3n) is 4.04. The molecule has 1 saturated heterocycles. The van der Waals surface area contributed by atoms with Gasteiger partial charge in [0.25, 0.3) is 0 Å². The molecule has 86 valence electrons. The van der Waals surface area contributed by atoms with Crippen molar-refractivity contribution in [2.45, 2.75) is 52.1 Å². The van der Waals surface area contributed by atoms with E-state index in [1.54, 1.807) is 0 Å². The van der Waals surface area contributed by atoms with Gasteiger partial charge < -0.3 is 10.3 Å². The van der Waals surface area contributed by atoms with Crippen LogP contribution in [0, 0.1) is 5.41 Å². The van der Waals surface area contributed by atoms with Gasteiger partial charge >= 0.3 is 0 Å². The van der Waals surface area contributed by atoms with Gasteiger partial charge in [0.1, 0.15) is 0 Å². The van der Waals surface area contributed by atoms with Gasteiger partial charge in [-0.15, -0.1) is 0 Å². The highest BCUT2D eigenvalue weighted by Gasteiger charge is 2.51. The molecule has 0 unspecified atom stereocenters. The minimum Gasteiger partial charge on any atom is -0.310 e. The van der Waals surface area contributed by atoms with Gasteiger partial charge in [-0.2, -0.15) is 0 Å². The van der Waals surface area contributed by atoms with Crippen LogP contribution in [0.2, 0.25) is 0 Å². The van der Waals surface area contributed by atoms with Crippen molar-refractivity contribution in [3.63, 3.8) is 0 Å². The topological polar surface area (TPSA) is 41.3 Å². The van der Waals surface area contributed by atoms with Crippen molar-refractivity contribution >= 4 is 0 Å². The molecule has 2 fully saturated rings. The number of hydrogen-bond acceptors (Lipinski definition) is 3. The number of nitrogens with two attached hydrogens (primary N) is 1. The molecule has 2 atom stereocenters. The van der Waals surface area contributed by atoms with Crippen molar-refractivity contribution in [1.82, 2.24) is 10.3 Å². The first kappa shape index (κ1) is 11.0. The number of rotatable bonds is 3. The van der Waals surface area contributed by atoms with E-state index in [4.69, 9.17) is 5.84 Å². The van der Waals surface area contributed by atoms with E-state index in [0.717, 1.165) is 6.54 Å². The Morgan fingerprint density at radius 3 is 2.73 bits per heavy atom. The fourth-order valence-electron chi connectivity index (χ4n) is 2.75. The summed E-state index contributed by atoms with van der Waals surface area (Å²) >= 11 is 0. The van der Waals surface area contributed by atoms with Crippen LogP contribution < -0.4 is 11.2 Å². The summed E-state index contributed by atoms with van der Waals surface area (Å²) in [6, 6.07) is 1.00. The number of allylic oxidation sites excluding steroid dienone is 1. The summed E-state index contributed by atoms with van der Waals surface area (Å²) in [5, 5.41) is 5.53. The second-order valence-corrected chi connectivity index (χ2v) is 5.14. The monoisotopic (exact) mass is 209 g/mol. The molecule has 2 aliphatic rings. The van der Waals surface area contributed by atoms with Crippen LogP contribution in [-0.4, -0.2) is 23.6 Å². The van der Waals surface area contributed by atoms with Crippen LogP contribution in [0.3, 0.4) is 0 Å². The first-order valence-electron chi connectivity index (χ1n) is 6.06. The zero-order chi connectivity index (χ0) is 11.1. The average Bonchev–Trinajstić information content (AvgIpc) is 2.85. The number of nitrogens with zero attached hydrogens (tertiary/aromatic N) is 1. The Morgan fingerprint density at radius 1 is 1.60 bits per heavy atom. The molecule has 0 radical (unpaired) electrons. The van der Waals surface area contributed by atoms with Crippen LogP contribution in [0.5, 0.6) is 0 Å². The Bertz CT molecular complexity index is 268. The summed E-state index contributed by atoms with van der Waals surface area (Å²) in [7, 11) is 0. The molecular weight excluding hydrogens is 186 g/mol. The molecule has 0 aromatic rings. The summed E-state index contributed by atoms with van der Waals surface area (Å²) in [5.41, 5.74) is 1.75. The standard InChI is InChI=1S/C12H23N3/c1-4-10-9(14-5-2)8-11(15(10)13)12(3)6-7-12/h4,9,11,14H,5-8,13H2,1-3H3/b10-4-/t9-,11+/m1/s1. The van der Waals surface area contributed by atoms with E-state index in [1.807, 2.05) is 5.01 Å². The number of nitrogens with one attached hydrogen (secondary N) is 1. The largest absolute Gasteiger partial charge is 0.310 e. The maximum atomic E-state index is 6.21. The average molecular weight is 209 g/mol. The van der Waals surface area contributed by atoms with Crippen molar-refractivity contribution in [3.8, 4) is 0 Å². The molecule has 3 N–H and O–H groups in total. The maximum absolute atomic E-state index is 6.21. The Morgan fingerprint density at radius 2 is 2.27 bits per heavy atom. The zero-order valence-electron chi connectivity index (χ0n) is 10.1. The minimum atomic E-state index is 0.465. The van der Waals surface area contributed by atoms with E-state index in [-0.39, 0.29) is 0 Å². The van der Waals surface area contributed by atoms with Crippen LogP contribution >= 0.6 is 0 Å². The molecule has 3 nitrogen and oxygen atoms in total. The quantitative estimate of drug-likeness (QED) is 0.694. The van der Waals surface area contributed by atoms with Gasteiger partial charge in [-0.1, -0.05) is 19.9 Å². The van der Waals surface area contributed by atoms with Crippen molar-refractivity contribution in [1.29, 1.82) is 0 Å². The SMILES string of the molecule is C/C=C1/[C@H](NCC)C[C@@H](C2(C)CC2)N1N. The number of hydrazine groups is 1. The zero-order valence-corrected chi connectivity index (χ0v) is 10.1. The summed E-state index contributed by atoms with van der Waals surface area (Å²) in [6.45, 7) is 7.61. The molecule has 1 aliphatic heterocycles. The first-order chi connectivity index (χ1) is 7.12. The van der Waals surface area contributed by atoms with Crippen molar-refractivity contribution in [2.75, 3.05) is 6.54 Å².